The Hall–Kier alpha value is -0.0268. The predicted octanol–water partition coefficient (Wildman–Crippen LogP) is 9.33. The first-order valence-electron chi connectivity index (χ1n) is 18.4. The van der Waals surface area contributed by atoms with E-state index in [1.54, 1.807) is 32.1 Å². The molecule has 4 nitrogen and oxygen atoms in total. The summed E-state index contributed by atoms with van der Waals surface area (Å²) in [6.07, 6.45) is 17.4. The van der Waals surface area contributed by atoms with Crippen LogP contribution in [0.25, 0.3) is 0 Å². The Kier molecular flexibility index (Phi) is 2.15. The third-order valence-electron chi connectivity index (χ3n) is 25.3. The van der Waals surface area contributed by atoms with E-state index in [0.29, 0.717) is 14.0 Å². The van der Waals surface area contributed by atoms with Gasteiger partial charge >= 0.3 is 267 Å². The number of nitrogens with zero attached hydrogens (tertiary/aromatic N) is 4. The molecule has 4 aliphatic carbocycles. The van der Waals surface area contributed by atoms with Crippen molar-refractivity contribution in [2.75, 3.05) is 6.16 Å². The molecule has 4 bridgehead atoms. The van der Waals surface area contributed by atoms with Crippen molar-refractivity contribution < 1.29 is 6.51 Å². The fourth-order valence-electron chi connectivity index (χ4n) is 30.8. The Morgan fingerprint density at radius 2 is 1.18 bits per heavy atom. The second-order valence-electron chi connectivity index (χ2n) is 22.9. The third kappa shape index (κ3) is 0.618. The molecule has 14 fully saturated rings. The van der Waals surface area contributed by atoms with Crippen LogP contribution in [0.15, 0.2) is 36.9 Å². The molecule has 240 valence electrons. The molecular weight excluding hydrogens is 662 g/mol. The minimum absolute atomic E-state index is 0.347. The van der Waals surface area contributed by atoms with Gasteiger partial charge in [0.25, 0.3) is 0 Å². The van der Waals surface area contributed by atoms with E-state index in [2.05, 4.69) is 82.5 Å². The quantitative estimate of drug-likeness (QED) is 0.212. The van der Waals surface area contributed by atoms with Crippen LogP contribution < -0.4 is 0 Å². The summed E-state index contributed by atoms with van der Waals surface area (Å²) < 4.78 is 2.53. The number of fused-ring (bicyclic) bond motifs is 11. The van der Waals surface area contributed by atoms with Gasteiger partial charge in [-0.15, -0.1) is 0 Å². The van der Waals surface area contributed by atoms with E-state index in [-0.39, 0.29) is 5.16 Å². The van der Waals surface area contributed by atoms with Crippen LogP contribution >= 0.6 is 18.5 Å². The fraction of sp³-hybridized carbons (Fsp3) is 0.778. The van der Waals surface area contributed by atoms with E-state index in [1.807, 2.05) is 12.1 Å². The predicted molar refractivity (Wildman–Crippen MR) is 189 cm³/mol. The van der Waals surface area contributed by atoms with Crippen LogP contribution in [-0.2, 0) is 11.7 Å². The summed E-state index contributed by atoms with van der Waals surface area (Å²) in [7, 11) is 4.04. The molecule has 12 heterocycles. The zero-order valence-electron chi connectivity index (χ0n) is 27.8. The van der Waals surface area contributed by atoms with Gasteiger partial charge in [0.2, 0.25) is 0 Å². The maximum absolute atomic E-state index is 5.33. The summed E-state index contributed by atoms with van der Waals surface area (Å²) in [5, 5.41) is -0.347. The second kappa shape index (κ2) is 3.86. The molecule has 0 amide bonds. The summed E-state index contributed by atoms with van der Waals surface area (Å²) >= 11 is 0. The van der Waals surface area contributed by atoms with Crippen LogP contribution in [0.3, 0.4) is 0 Å². The zero-order valence-corrected chi connectivity index (χ0v) is 33.2. The van der Waals surface area contributed by atoms with Crippen LogP contribution in [0.2, 0.25) is 84.7 Å². The summed E-state index contributed by atoms with van der Waals surface area (Å²) in [5.41, 5.74) is 0.517. The number of hydrogen-bond donors (Lipinski definition) is 0. The average molecular weight is 713 g/mol. The molecular formula is C36H50FeN4P2Si2. The van der Waals surface area contributed by atoms with Crippen molar-refractivity contribution in [1.82, 2.24) is 19.9 Å². The molecule has 2 aromatic rings. The van der Waals surface area contributed by atoms with Gasteiger partial charge in [0.1, 0.15) is 0 Å². The molecule has 4 saturated carbocycles. The van der Waals surface area contributed by atoms with E-state index < -0.39 is 22.7 Å². The van der Waals surface area contributed by atoms with Crippen molar-refractivity contribution in [3.05, 3.63) is 48.6 Å². The van der Waals surface area contributed by atoms with Crippen LogP contribution in [0.5, 0.6) is 0 Å². The van der Waals surface area contributed by atoms with Gasteiger partial charge < -0.3 is 0 Å². The first kappa shape index (κ1) is 25.0. The number of hydrogen-bond acceptors (Lipinski definition) is 4. The first-order valence-corrected chi connectivity index (χ1v) is 32.8. The van der Waals surface area contributed by atoms with Crippen molar-refractivity contribution in [2.24, 2.45) is 29.1 Å². The van der Waals surface area contributed by atoms with E-state index in [4.69, 9.17) is 19.9 Å². The Labute approximate surface area is 265 Å². The molecule has 0 aromatic carbocycles. The van der Waals surface area contributed by atoms with Crippen molar-refractivity contribution in [3.63, 3.8) is 0 Å². The molecule has 1 spiro atoms. The minimum atomic E-state index is -4.68. The molecule has 2 aromatic heterocycles. The van der Waals surface area contributed by atoms with Crippen molar-refractivity contribution in [3.8, 4) is 0 Å². The first-order chi connectivity index (χ1) is 21.2. The van der Waals surface area contributed by atoms with Crippen LogP contribution in [0.4, 0.5) is 0 Å². The summed E-state index contributed by atoms with van der Waals surface area (Å²) in [6, 6.07) is 4.09. The van der Waals surface area contributed by atoms with Gasteiger partial charge in [-0.3, -0.25) is 0 Å². The summed E-state index contributed by atoms with van der Waals surface area (Å²) in [4.78, 5) is 28.2. The van der Waals surface area contributed by atoms with Crippen molar-refractivity contribution in [2.45, 2.75) is 122 Å². The summed E-state index contributed by atoms with van der Waals surface area (Å²) in [5.74, 6) is 6.10. The van der Waals surface area contributed by atoms with Crippen LogP contribution in [-0.4, -0.2) is 42.2 Å². The van der Waals surface area contributed by atoms with Gasteiger partial charge in [-0.2, -0.15) is 0 Å². The van der Waals surface area contributed by atoms with Crippen LogP contribution in [0, 0.1) is 29.1 Å². The normalized spacial score (nSPS) is 72.4. The Balaban J connectivity index is 1.20. The van der Waals surface area contributed by atoms with Gasteiger partial charge in [0.05, 0.1) is 0 Å². The monoisotopic (exact) mass is 712 g/mol. The van der Waals surface area contributed by atoms with Gasteiger partial charge in [-0.05, 0) is 0 Å². The van der Waals surface area contributed by atoms with Gasteiger partial charge in [0.15, 0.2) is 0 Å². The molecule has 7 unspecified atom stereocenters. The molecule has 14 aliphatic rings. The van der Waals surface area contributed by atoms with Crippen molar-refractivity contribution in [1.29, 1.82) is 0 Å². The van der Waals surface area contributed by atoms with Gasteiger partial charge in [-0.1, -0.05) is 0 Å². The topological polar surface area (TPSA) is 51.6 Å². The van der Waals surface area contributed by atoms with Gasteiger partial charge in [-0.25, -0.2) is 0 Å². The molecule has 0 N–H and O–H groups in total. The Morgan fingerprint density at radius 1 is 0.733 bits per heavy atom. The van der Waals surface area contributed by atoms with E-state index in [1.165, 1.54) is 30.2 Å². The van der Waals surface area contributed by atoms with Crippen molar-refractivity contribution >= 4 is 34.6 Å². The second-order valence-corrected chi connectivity index (χ2v) is 58.2. The molecule has 16 rings (SSSR count). The zero-order chi connectivity index (χ0) is 30.6. The Morgan fingerprint density at radius 3 is 1.53 bits per heavy atom. The molecule has 0 radical (unpaired) electrons. The molecule has 10 aliphatic heterocycles. The van der Waals surface area contributed by atoms with Crippen LogP contribution in [0.1, 0.15) is 43.8 Å². The summed E-state index contributed by atoms with van der Waals surface area (Å²) in [6.45, 7) is 13.0. The standard InChI is InChI=1S/C31H45N4P2Si2.C5H5.Fe/c1-38(2,3)25-18-24(31(37,28-32-9-7-10-33-28)29-34-11-8-12-35-29)26(27(25)39(4,5)6)30(19-36)22-14-20-13-21(16-22)17-23(30)15-20;1-2-4-5-3-1;/h7-12,18,20-23H,13-17,19,36-37H2,1-6H3;1-5H;. The SMILES string of the molecule is C[Si](C)(C)[C]12[CH]3[C]4(C(P)(c5ncccn5)c5ncccn5)[C]5(C6(CP)C7CC8CC(C7)CC6C8)[C]1([Si](C)(C)C)[Fe]34521678[CH]2[CH]1[CH]6[CH]7[CH]28. The molecule has 10 saturated heterocycles. The molecule has 7 atom stereocenters. The van der Waals surface area contributed by atoms with E-state index in [0.717, 1.165) is 48.0 Å². The van der Waals surface area contributed by atoms with Gasteiger partial charge in [0, 0.05) is 0 Å². The number of aromatic nitrogens is 4. The average Bonchev–Trinajstić information content (AvgIpc) is 3.95. The number of rotatable bonds is 7. The van der Waals surface area contributed by atoms with E-state index >= 15 is 0 Å². The maximum atomic E-state index is 5.33. The molecule has 9 heteroatoms. The third-order valence-corrected chi connectivity index (χ3v) is 89.6. The Bertz CT molecular complexity index is 2220. The van der Waals surface area contributed by atoms with E-state index in [9.17, 15) is 0 Å². The molecule has 45 heavy (non-hydrogen) atoms. The fourth-order valence-corrected chi connectivity index (χ4v) is 172.